The number of pyridine rings is 1. The lowest BCUT2D eigenvalue weighted by molar-refractivity contribution is 0.0512. The Morgan fingerprint density at radius 1 is 1.00 bits per heavy atom. The Kier molecular flexibility index (Phi) is 11.2. The largest absolute Gasteiger partial charge is 0.472 e. The van der Waals surface area contributed by atoms with Crippen LogP contribution in [0.15, 0.2) is 60.8 Å². The Labute approximate surface area is 353 Å². The highest BCUT2D eigenvalue weighted by molar-refractivity contribution is 6.77. The molecule has 2 unspecified atom stereocenters. The van der Waals surface area contributed by atoms with Gasteiger partial charge in [-0.15, -0.1) is 0 Å². The van der Waals surface area contributed by atoms with Crippen LogP contribution in [0.25, 0.3) is 32.9 Å². The van der Waals surface area contributed by atoms with Crippen molar-refractivity contribution in [3.05, 3.63) is 83.6 Å². The van der Waals surface area contributed by atoms with E-state index in [1.165, 1.54) is 19.4 Å². The van der Waals surface area contributed by atoms with Crippen molar-refractivity contribution < 1.29 is 43.4 Å². The summed E-state index contributed by atoms with van der Waals surface area (Å²) >= 11 is 0. The lowest BCUT2D eigenvalue weighted by Crippen LogP contribution is -2.48. The van der Waals surface area contributed by atoms with E-state index in [4.69, 9.17) is 30.2 Å². The van der Waals surface area contributed by atoms with Gasteiger partial charge in [-0.3, -0.25) is 9.88 Å². The van der Waals surface area contributed by atoms with Crippen LogP contribution >= 0.6 is 0 Å². The minimum absolute atomic E-state index is 0.0182. The number of benzene rings is 3. The second-order valence-electron chi connectivity index (χ2n) is 16.4. The number of ether oxygens (including phenoxy) is 4. The summed E-state index contributed by atoms with van der Waals surface area (Å²) in [7, 11) is -0.747. The average molecular weight is 836 g/mol. The van der Waals surface area contributed by atoms with Crippen molar-refractivity contribution in [1.82, 2.24) is 19.9 Å². The molecule has 9 nitrogen and oxygen atoms in total. The number of aryl methyl sites for hydroxylation is 1. The fraction of sp³-hybridized carbons (Fsp3) is 0.500. The van der Waals surface area contributed by atoms with Crippen molar-refractivity contribution in [1.29, 1.82) is 0 Å². The second-order valence-corrected chi connectivity index (χ2v) is 21.8. The van der Waals surface area contributed by atoms with Crippen LogP contribution in [-0.4, -0.2) is 80.0 Å². The van der Waals surface area contributed by atoms with E-state index in [1.807, 2.05) is 30.3 Å². The Morgan fingerprint density at radius 3 is 2.49 bits per heavy atom. The maximum absolute atomic E-state index is 17.6. The maximum atomic E-state index is 17.6. The van der Waals surface area contributed by atoms with Gasteiger partial charge in [0.1, 0.15) is 42.1 Å². The molecule has 2 aromatic heterocycles. The molecule has 5 aromatic rings. The summed E-state index contributed by atoms with van der Waals surface area (Å²) in [5.74, 6) is -1.36. The summed E-state index contributed by atoms with van der Waals surface area (Å²) in [4.78, 5) is 14.3. The van der Waals surface area contributed by atoms with Gasteiger partial charge in [-0.1, -0.05) is 77.9 Å². The van der Waals surface area contributed by atoms with Gasteiger partial charge in [0.2, 0.25) is 5.88 Å². The highest BCUT2D eigenvalue weighted by Crippen LogP contribution is 2.44. The van der Waals surface area contributed by atoms with E-state index in [0.29, 0.717) is 51.7 Å². The highest BCUT2D eigenvalue weighted by atomic mass is 28.4. The fourth-order valence-electron chi connectivity index (χ4n) is 9.11. The zero-order valence-electron chi connectivity index (χ0n) is 39.8. The topological polar surface area (TPSA) is 88.1 Å². The Balaban J connectivity index is 1.34. The normalized spacial score (nSPS) is 22.1. The van der Waals surface area contributed by atoms with Gasteiger partial charge in [-0.05, 0) is 88.9 Å². The van der Waals surface area contributed by atoms with Crippen molar-refractivity contribution in [2.45, 2.75) is 109 Å². The predicted molar refractivity (Wildman–Crippen MR) is 227 cm³/mol. The molecule has 2 atom stereocenters. The molecule has 0 aliphatic carbocycles. The molecule has 7 rings (SSSR count). The molecule has 3 aromatic carbocycles. The van der Waals surface area contributed by atoms with E-state index < -0.39 is 63.7 Å². The number of nitrogens with zero attached hydrogens (tertiary/aromatic N) is 4. The van der Waals surface area contributed by atoms with Crippen LogP contribution in [0, 0.1) is 11.6 Å². The number of hydrogen-bond donors (Lipinski definition) is 0. The van der Waals surface area contributed by atoms with E-state index >= 15 is 13.2 Å². The number of aromatic nitrogens is 3. The number of rotatable bonds is 18. The minimum Gasteiger partial charge on any atom is -0.472 e. The quantitative estimate of drug-likeness (QED) is 0.0486. The first-order chi connectivity index (χ1) is 30.2. The molecule has 0 amide bonds. The van der Waals surface area contributed by atoms with Crippen LogP contribution in [0.3, 0.4) is 0 Å². The third-order valence-electron chi connectivity index (χ3n) is 11.7. The van der Waals surface area contributed by atoms with Crippen LogP contribution < -0.4 is 14.2 Å². The van der Waals surface area contributed by atoms with E-state index in [0.717, 1.165) is 10.5 Å². The van der Waals surface area contributed by atoms with Crippen LogP contribution in [0.5, 0.6) is 17.6 Å². The van der Waals surface area contributed by atoms with Crippen molar-refractivity contribution in [2.75, 3.05) is 40.1 Å². The van der Waals surface area contributed by atoms with Crippen LogP contribution in [-0.2, 0) is 22.2 Å². The zero-order chi connectivity index (χ0) is 46.4. The molecule has 59 heavy (non-hydrogen) atoms. The van der Waals surface area contributed by atoms with E-state index in [-0.39, 0.29) is 60.7 Å². The molecular formula is C46H57F3N4O5Si. The van der Waals surface area contributed by atoms with Gasteiger partial charge in [0, 0.05) is 41.2 Å². The first kappa shape index (κ1) is 36.5. The summed E-state index contributed by atoms with van der Waals surface area (Å²) in [6.07, 6.45) is -1.56. The third-order valence-corrected chi connectivity index (χ3v) is 17.8. The summed E-state index contributed by atoms with van der Waals surface area (Å²) < 4.78 is 122. The van der Waals surface area contributed by atoms with Crippen LogP contribution in [0.1, 0.15) is 85.2 Å². The summed E-state index contributed by atoms with van der Waals surface area (Å²) in [5.41, 5.74) is -0.137. The molecule has 4 heterocycles. The van der Waals surface area contributed by atoms with Gasteiger partial charge in [0.15, 0.2) is 20.9 Å². The van der Waals surface area contributed by atoms with E-state index in [1.54, 1.807) is 18.2 Å². The molecule has 0 bridgehead atoms. The summed E-state index contributed by atoms with van der Waals surface area (Å²) in [5, 5.41) is 0.975. The monoisotopic (exact) mass is 835 g/mol. The molecule has 0 N–H and O–H groups in total. The molecule has 13 heteroatoms. The number of methoxy groups -OCH3 is 1. The molecule has 2 aliphatic rings. The van der Waals surface area contributed by atoms with Crippen molar-refractivity contribution in [3.63, 3.8) is 0 Å². The number of halogens is 3. The Morgan fingerprint density at radius 2 is 1.76 bits per heavy atom. The molecule has 316 valence electrons. The molecular weight excluding hydrogens is 774 g/mol. The molecule has 2 saturated heterocycles. The van der Waals surface area contributed by atoms with Crippen LogP contribution in [0.4, 0.5) is 13.2 Å². The Bertz CT molecular complexity index is 2470. The van der Waals surface area contributed by atoms with E-state index in [9.17, 15) is 0 Å². The van der Waals surface area contributed by atoms with Crippen LogP contribution in [0.2, 0.25) is 16.6 Å². The summed E-state index contributed by atoms with van der Waals surface area (Å²) in [6.45, 7) is 7.83. The maximum Gasteiger partial charge on any atom is 0.320 e. The first-order valence-electron chi connectivity index (χ1n) is 22.9. The SMILES string of the molecule is [2H]C1(F)CN2C([2H])([2H])CCC2(C([2H])([2H])Oc2nc(OCc3ccccc3)c3cnc(-c4cc(OCOC)cc5ccc(F)c(CCCO[Si](C(C)C)(C(C)C)C(C)C)c45)c(F)c3n2)C1. The second kappa shape index (κ2) is 18.1. The predicted octanol–water partition coefficient (Wildman–Crippen LogP) is 10.8. The van der Waals surface area contributed by atoms with Gasteiger partial charge < -0.3 is 23.4 Å². The molecule has 0 spiro atoms. The lowest BCUT2D eigenvalue weighted by atomic mass is 9.93. The molecule has 2 fully saturated rings. The molecule has 0 saturated carbocycles. The fourth-order valence-corrected chi connectivity index (χ4v) is 14.6. The van der Waals surface area contributed by atoms with Crippen molar-refractivity contribution in [2.24, 2.45) is 0 Å². The van der Waals surface area contributed by atoms with Crippen molar-refractivity contribution in [3.8, 4) is 28.9 Å². The average Bonchev–Trinajstić information content (AvgIpc) is 3.67. The van der Waals surface area contributed by atoms with Gasteiger partial charge in [0.25, 0.3) is 0 Å². The molecule has 0 radical (unpaired) electrons. The lowest BCUT2D eigenvalue weighted by Gasteiger charge is -2.42. The van der Waals surface area contributed by atoms with Crippen molar-refractivity contribution >= 4 is 30.0 Å². The third kappa shape index (κ3) is 8.66. The first-order valence-corrected chi connectivity index (χ1v) is 22.5. The van der Waals surface area contributed by atoms with Gasteiger partial charge >= 0.3 is 6.01 Å². The van der Waals surface area contributed by atoms with Gasteiger partial charge in [0.05, 0.1) is 15.0 Å². The molecule has 2 aliphatic heterocycles. The number of alkyl halides is 1. The number of hydrogen-bond acceptors (Lipinski definition) is 9. The zero-order valence-corrected chi connectivity index (χ0v) is 35.8. The van der Waals surface area contributed by atoms with Gasteiger partial charge in [-0.2, -0.15) is 9.97 Å². The minimum atomic E-state index is -2.87. The summed E-state index contributed by atoms with van der Waals surface area (Å²) in [6, 6.07) is 14.7. The van der Waals surface area contributed by atoms with Gasteiger partial charge in [-0.25, -0.2) is 13.2 Å². The standard InChI is InChI=1S/C46H57F3N4O5Si/c1-29(2)59(30(3)4,31(5)6)58-20-11-15-36-39(48)17-16-33-21-35(57-28-54-7)22-37(40(33)36)42-41(49)43-38(24-50-42)44(55-26-32-13-9-8-10-14-32)52-45(51-43)56-27-46-18-12-19-53(46)25-34(47)23-46/h8-10,13-14,16-17,21-22,24,29-31,34H,11-12,15,18-20,23,25-28H2,1-7H3/i19D2,27D2,34D. The number of fused-ring (bicyclic) bond motifs is 3. The smallest absolute Gasteiger partial charge is 0.320 e. The van der Waals surface area contributed by atoms with E-state index in [2.05, 4.69) is 56.5 Å². The Hall–Kier alpha value is -4.30. The highest BCUT2D eigenvalue weighted by Gasteiger charge is 2.49.